The fraction of sp³-hybridized carbons (Fsp3) is 0.833. The number of nitrogens with zero attached hydrogens (tertiary/aromatic N) is 1. The summed E-state index contributed by atoms with van der Waals surface area (Å²) in [5, 5.41) is 8.98. The maximum absolute atomic E-state index is 11.9. The highest BCUT2D eigenvalue weighted by Gasteiger charge is 2.33. The molecule has 0 aromatic rings. The Labute approximate surface area is 102 Å². The zero-order valence-corrected chi connectivity index (χ0v) is 10.4. The normalized spacial score (nSPS) is 21.5. The third-order valence-electron chi connectivity index (χ3n) is 3.37. The van der Waals surface area contributed by atoms with Gasteiger partial charge in [0.2, 0.25) is 5.91 Å². The van der Waals surface area contributed by atoms with Crippen LogP contribution in [0.15, 0.2) is 0 Å². The van der Waals surface area contributed by atoms with E-state index in [1.54, 1.807) is 0 Å². The lowest BCUT2D eigenvalue weighted by Gasteiger charge is -2.22. The van der Waals surface area contributed by atoms with E-state index in [4.69, 9.17) is 10.8 Å². The maximum Gasteiger partial charge on any atom is 0.326 e. The van der Waals surface area contributed by atoms with Crippen LogP contribution < -0.4 is 5.73 Å². The molecule has 0 aliphatic carbocycles. The number of rotatable bonds is 6. The first kappa shape index (κ1) is 14.0. The van der Waals surface area contributed by atoms with Gasteiger partial charge < -0.3 is 15.7 Å². The molecule has 1 rings (SSSR count). The molecular weight excluding hydrogens is 220 g/mol. The van der Waals surface area contributed by atoms with Gasteiger partial charge in [-0.25, -0.2) is 4.79 Å². The van der Waals surface area contributed by atoms with Crippen LogP contribution in [0.1, 0.15) is 39.0 Å². The molecule has 1 heterocycles. The van der Waals surface area contributed by atoms with E-state index in [0.29, 0.717) is 31.8 Å². The lowest BCUT2D eigenvalue weighted by Crippen LogP contribution is -2.40. The quantitative estimate of drug-likeness (QED) is 0.722. The molecular formula is C12H22N2O3. The van der Waals surface area contributed by atoms with Crippen LogP contribution in [-0.4, -0.2) is 41.0 Å². The minimum absolute atomic E-state index is 0.0289. The second-order valence-electron chi connectivity index (χ2n) is 4.80. The number of aliphatic carboxylic acids is 1. The number of nitrogens with two attached hydrogens (primary N) is 1. The Hall–Kier alpha value is -1.10. The summed E-state index contributed by atoms with van der Waals surface area (Å²) in [5.41, 5.74) is 5.45. The van der Waals surface area contributed by atoms with Crippen LogP contribution in [0, 0.1) is 5.92 Å². The molecule has 1 aliphatic heterocycles. The third-order valence-corrected chi connectivity index (χ3v) is 3.37. The molecule has 17 heavy (non-hydrogen) atoms. The van der Waals surface area contributed by atoms with Crippen molar-refractivity contribution in [3.63, 3.8) is 0 Å². The molecule has 3 N–H and O–H groups in total. The van der Waals surface area contributed by atoms with E-state index in [1.807, 2.05) is 0 Å². The lowest BCUT2D eigenvalue weighted by molar-refractivity contribution is -0.148. The summed E-state index contributed by atoms with van der Waals surface area (Å²) in [4.78, 5) is 24.4. The molecule has 0 spiro atoms. The summed E-state index contributed by atoms with van der Waals surface area (Å²) in [6, 6.07) is -0.604. The van der Waals surface area contributed by atoms with Crippen LogP contribution in [0.25, 0.3) is 0 Å². The molecule has 1 saturated heterocycles. The maximum atomic E-state index is 11.9. The standard InChI is InChI=1S/C12H22N2O3/c1-9(6-7-13)4-5-11(15)14-8-2-3-10(14)12(16)17/h9-10H,2-8,13H2,1H3,(H,16,17)/t9?,10-/m1/s1. The van der Waals surface area contributed by atoms with Gasteiger partial charge in [-0.1, -0.05) is 6.92 Å². The van der Waals surface area contributed by atoms with Crippen LogP contribution in [0.2, 0.25) is 0 Å². The predicted molar refractivity (Wildman–Crippen MR) is 64.4 cm³/mol. The molecule has 1 amide bonds. The van der Waals surface area contributed by atoms with Gasteiger partial charge in [-0.05, 0) is 38.1 Å². The summed E-state index contributed by atoms with van der Waals surface area (Å²) < 4.78 is 0. The number of likely N-dealkylation sites (tertiary alicyclic amines) is 1. The second kappa shape index (κ2) is 6.59. The zero-order chi connectivity index (χ0) is 12.8. The number of carboxylic acid groups (broad SMARTS) is 1. The fourth-order valence-corrected chi connectivity index (χ4v) is 2.26. The summed E-state index contributed by atoms with van der Waals surface area (Å²) in [6.07, 6.45) is 3.51. The van der Waals surface area contributed by atoms with E-state index in [2.05, 4.69) is 6.92 Å². The molecule has 98 valence electrons. The van der Waals surface area contributed by atoms with Crippen molar-refractivity contribution < 1.29 is 14.7 Å². The second-order valence-corrected chi connectivity index (χ2v) is 4.80. The molecule has 0 radical (unpaired) electrons. The van der Waals surface area contributed by atoms with E-state index in [1.165, 1.54) is 4.90 Å². The molecule has 1 fully saturated rings. The van der Waals surface area contributed by atoms with Crippen molar-refractivity contribution in [2.24, 2.45) is 11.7 Å². The number of carbonyl (C=O) groups excluding carboxylic acids is 1. The molecule has 1 unspecified atom stereocenters. The molecule has 1 aliphatic rings. The van der Waals surface area contributed by atoms with Crippen LogP contribution in [0.3, 0.4) is 0 Å². The van der Waals surface area contributed by atoms with Gasteiger partial charge in [0.05, 0.1) is 0 Å². The Morgan fingerprint density at radius 1 is 1.47 bits per heavy atom. The van der Waals surface area contributed by atoms with E-state index in [0.717, 1.165) is 19.3 Å². The Balaban J connectivity index is 2.39. The predicted octanol–water partition coefficient (Wildman–Crippen LogP) is 0.827. The van der Waals surface area contributed by atoms with Gasteiger partial charge in [0.25, 0.3) is 0 Å². The van der Waals surface area contributed by atoms with Crippen molar-refractivity contribution in [3.05, 3.63) is 0 Å². The van der Waals surface area contributed by atoms with Crippen molar-refractivity contribution in [2.45, 2.75) is 45.1 Å². The fourth-order valence-electron chi connectivity index (χ4n) is 2.26. The van der Waals surface area contributed by atoms with Gasteiger partial charge in [0, 0.05) is 13.0 Å². The highest BCUT2D eigenvalue weighted by molar-refractivity contribution is 5.84. The van der Waals surface area contributed by atoms with E-state index < -0.39 is 12.0 Å². The van der Waals surface area contributed by atoms with Crippen molar-refractivity contribution >= 4 is 11.9 Å². The van der Waals surface area contributed by atoms with Gasteiger partial charge in [-0.2, -0.15) is 0 Å². The summed E-state index contributed by atoms with van der Waals surface area (Å²) in [6.45, 7) is 3.29. The molecule has 5 nitrogen and oxygen atoms in total. The van der Waals surface area contributed by atoms with E-state index in [-0.39, 0.29) is 5.91 Å². The van der Waals surface area contributed by atoms with Gasteiger partial charge in [0.1, 0.15) is 6.04 Å². The van der Waals surface area contributed by atoms with Crippen molar-refractivity contribution in [3.8, 4) is 0 Å². The SMILES string of the molecule is CC(CCN)CCC(=O)N1CCC[C@@H]1C(=O)O. The first-order chi connectivity index (χ1) is 8.06. The summed E-state index contributed by atoms with van der Waals surface area (Å²) in [5.74, 6) is -0.487. The van der Waals surface area contributed by atoms with Crippen molar-refractivity contribution in [1.82, 2.24) is 4.90 Å². The average Bonchev–Trinajstić information content (AvgIpc) is 2.75. The highest BCUT2D eigenvalue weighted by Crippen LogP contribution is 2.20. The molecule has 0 saturated carbocycles. The van der Waals surface area contributed by atoms with Crippen molar-refractivity contribution in [1.29, 1.82) is 0 Å². The minimum Gasteiger partial charge on any atom is -0.480 e. The highest BCUT2D eigenvalue weighted by atomic mass is 16.4. The summed E-state index contributed by atoms with van der Waals surface area (Å²) in [7, 11) is 0. The van der Waals surface area contributed by atoms with Crippen LogP contribution in [0.5, 0.6) is 0 Å². The monoisotopic (exact) mass is 242 g/mol. The van der Waals surface area contributed by atoms with Crippen LogP contribution in [-0.2, 0) is 9.59 Å². The van der Waals surface area contributed by atoms with Crippen molar-refractivity contribution in [2.75, 3.05) is 13.1 Å². The topological polar surface area (TPSA) is 83.6 Å². The zero-order valence-electron chi connectivity index (χ0n) is 10.4. The number of carboxylic acids is 1. The molecule has 0 aromatic carbocycles. The smallest absolute Gasteiger partial charge is 0.326 e. The van der Waals surface area contributed by atoms with Crippen LogP contribution in [0.4, 0.5) is 0 Å². The summed E-state index contributed by atoms with van der Waals surface area (Å²) >= 11 is 0. The first-order valence-corrected chi connectivity index (χ1v) is 6.28. The minimum atomic E-state index is -0.883. The Morgan fingerprint density at radius 3 is 2.76 bits per heavy atom. The number of hydrogen-bond acceptors (Lipinski definition) is 3. The average molecular weight is 242 g/mol. The number of hydrogen-bond donors (Lipinski definition) is 2. The molecule has 0 bridgehead atoms. The Bertz CT molecular complexity index is 281. The molecule has 5 heteroatoms. The molecule has 0 aromatic heterocycles. The Kier molecular flexibility index (Phi) is 5.41. The number of carbonyl (C=O) groups is 2. The largest absolute Gasteiger partial charge is 0.480 e. The molecule has 2 atom stereocenters. The van der Waals surface area contributed by atoms with Gasteiger partial charge in [-0.15, -0.1) is 0 Å². The van der Waals surface area contributed by atoms with E-state index >= 15 is 0 Å². The lowest BCUT2D eigenvalue weighted by atomic mass is 10.0. The third kappa shape index (κ3) is 4.00. The number of amides is 1. The van der Waals surface area contributed by atoms with Crippen LogP contribution >= 0.6 is 0 Å². The Morgan fingerprint density at radius 2 is 2.18 bits per heavy atom. The first-order valence-electron chi connectivity index (χ1n) is 6.28. The van der Waals surface area contributed by atoms with Gasteiger partial charge in [-0.3, -0.25) is 4.79 Å². The van der Waals surface area contributed by atoms with E-state index in [9.17, 15) is 9.59 Å². The van der Waals surface area contributed by atoms with Gasteiger partial charge in [0.15, 0.2) is 0 Å². The van der Waals surface area contributed by atoms with Gasteiger partial charge >= 0.3 is 5.97 Å².